The van der Waals surface area contributed by atoms with Crippen LogP contribution in [0.4, 0.5) is 0 Å². The van der Waals surface area contributed by atoms with Crippen LogP contribution in [0.25, 0.3) is 0 Å². The first-order valence-corrected chi connectivity index (χ1v) is 12.6. The SMILES string of the molecule is C1CCC(P(C2CCCCC2)C2CCCCC2)CC1.[Ir].c1ccncc1. The van der Waals surface area contributed by atoms with E-state index in [2.05, 4.69) is 4.98 Å². The molecule has 0 aliphatic heterocycles. The van der Waals surface area contributed by atoms with Crippen LogP contribution >= 0.6 is 7.92 Å². The van der Waals surface area contributed by atoms with Gasteiger partial charge in [0, 0.05) is 32.5 Å². The Kier molecular flexibility index (Phi) is 11.6. The second-order valence-electron chi connectivity index (χ2n) is 8.35. The van der Waals surface area contributed by atoms with Gasteiger partial charge in [-0.1, -0.05) is 71.8 Å². The summed E-state index contributed by atoms with van der Waals surface area (Å²) in [6, 6.07) is 5.72. The van der Waals surface area contributed by atoms with E-state index in [1.165, 1.54) is 36.2 Å². The predicted octanol–water partition coefficient (Wildman–Crippen LogP) is 7.55. The third-order valence-electron chi connectivity index (χ3n) is 6.56. The van der Waals surface area contributed by atoms with E-state index >= 15 is 0 Å². The van der Waals surface area contributed by atoms with Crippen LogP contribution in [0.1, 0.15) is 96.3 Å². The van der Waals surface area contributed by atoms with E-state index in [0.29, 0.717) is 7.92 Å². The molecule has 3 saturated carbocycles. The van der Waals surface area contributed by atoms with Gasteiger partial charge in [0.2, 0.25) is 0 Å². The van der Waals surface area contributed by atoms with Crippen LogP contribution in [-0.2, 0) is 20.1 Å². The van der Waals surface area contributed by atoms with Gasteiger partial charge in [0.1, 0.15) is 0 Å². The molecule has 0 N–H and O–H groups in total. The maximum absolute atomic E-state index is 3.78. The molecule has 0 saturated heterocycles. The number of hydrogen-bond donors (Lipinski definition) is 0. The molecule has 4 rings (SSSR count). The fourth-order valence-corrected chi connectivity index (χ4v) is 10.0. The molecule has 149 valence electrons. The molecular weight excluding hydrogens is 513 g/mol. The van der Waals surface area contributed by atoms with Crippen molar-refractivity contribution < 1.29 is 20.1 Å². The van der Waals surface area contributed by atoms with Crippen molar-refractivity contribution in [3.63, 3.8) is 0 Å². The number of nitrogens with zero attached hydrogens (tertiary/aromatic N) is 1. The predicted molar refractivity (Wildman–Crippen MR) is 112 cm³/mol. The van der Waals surface area contributed by atoms with Crippen LogP contribution < -0.4 is 0 Å². The van der Waals surface area contributed by atoms with E-state index in [0.717, 1.165) is 0 Å². The van der Waals surface area contributed by atoms with Crippen LogP contribution in [0, 0.1) is 0 Å². The standard InChI is InChI=1S/C18H33P.C5H5N.Ir/c1-4-10-16(11-5-1)19(17-12-6-2-7-13-17)18-14-8-3-9-15-18;1-2-4-6-5-3-1;/h16-18H,1-15H2;1-5H;. The maximum Gasteiger partial charge on any atom is 0.0267 e. The fourth-order valence-electron chi connectivity index (χ4n) is 5.34. The molecule has 0 unspecified atom stereocenters. The normalized spacial score (nSPS) is 23.0. The van der Waals surface area contributed by atoms with Gasteiger partial charge in [-0.2, -0.15) is 0 Å². The van der Waals surface area contributed by atoms with Crippen molar-refractivity contribution in [2.45, 2.75) is 113 Å². The summed E-state index contributed by atoms with van der Waals surface area (Å²) in [5, 5.41) is 0. The van der Waals surface area contributed by atoms with Crippen molar-refractivity contribution in [1.82, 2.24) is 4.98 Å². The number of aromatic nitrogens is 1. The molecule has 0 aromatic carbocycles. The van der Waals surface area contributed by atoms with Crippen molar-refractivity contribution in [1.29, 1.82) is 0 Å². The van der Waals surface area contributed by atoms with Crippen LogP contribution in [0.15, 0.2) is 30.6 Å². The first-order chi connectivity index (χ1) is 12.4. The summed E-state index contributed by atoms with van der Waals surface area (Å²) in [7, 11) is 0.385. The molecule has 26 heavy (non-hydrogen) atoms. The average molecular weight is 552 g/mol. The molecule has 1 aromatic heterocycles. The van der Waals surface area contributed by atoms with Gasteiger partial charge in [-0.3, -0.25) is 4.98 Å². The first kappa shape index (κ1) is 22.5. The molecule has 1 aromatic rings. The zero-order valence-corrected chi connectivity index (χ0v) is 19.7. The largest absolute Gasteiger partial charge is 0.265 e. The van der Waals surface area contributed by atoms with Gasteiger partial charge in [0.05, 0.1) is 0 Å². The molecule has 1 nitrogen and oxygen atoms in total. The van der Waals surface area contributed by atoms with E-state index in [1.807, 2.05) is 18.2 Å². The van der Waals surface area contributed by atoms with Gasteiger partial charge < -0.3 is 0 Å². The van der Waals surface area contributed by atoms with E-state index in [4.69, 9.17) is 0 Å². The second kappa shape index (κ2) is 13.4. The third-order valence-corrected chi connectivity index (χ3v) is 10.6. The van der Waals surface area contributed by atoms with Crippen molar-refractivity contribution >= 4 is 7.92 Å². The minimum atomic E-state index is 0. The molecule has 0 atom stereocenters. The van der Waals surface area contributed by atoms with Gasteiger partial charge in [-0.15, -0.1) is 0 Å². The summed E-state index contributed by atoms with van der Waals surface area (Å²) in [6.07, 6.45) is 27.1. The van der Waals surface area contributed by atoms with E-state index < -0.39 is 0 Å². The Morgan fingerprint density at radius 3 is 1.08 bits per heavy atom. The molecular formula is C23H38IrNP. The summed E-state index contributed by atoms with van der Waals surface area (Å²) in [5.41, 5.74) is 3.57. The van der Waals surface area contributed by atoms with Gasteiger partial charge in [-0.05, 0) is 67.6 Å². The summed E-state index contributed by atoms with van der Waals surface area (Å²) in [5.74, 6) is 0. The number of pyridine rings is 1. The zero-order chi connectivity index (χ0) is 17.2. The van der Waals surface area contributed by atoms with Gasteiger partial charge in [-0.25, -0.2) is 0 Å². The van der Waals surface area contributed by atoms with Crippen molar-refractivity contribution in [3.8, 4) is 0 Å². The molecule has 3 aliphatic rings. The van der Waals surface area contributed by atoms with Crippen molar-refractivity contribution in [3.05, 3.63) is 30.6 Å². The fraction of sp³-hybridized carbons (Fsp3) is 0.783. The van der Waals surface area contributed by atoms with Gasteiger partial charge in [0.15, 0.2) is 0 Å². The minimum absolute atomic E-state index is 0. The molecule has 3 fully saturated rings. The minimum Gasteiger partial charge on any atom is -0.265 e. The van der Waals surface area contributed by atoms with Crippen molar-refractivity contribution in [2.75, 3.05) is 0 Å². The average Bonchev–Trinajstić information content (AvgIpc) is 2.72. The topological polar surface area (TPSA) is 12.9 Å². The molecule has 0 bridgehead atoms. The van der Waals surface area contributed by atoms with Crippen LogP contribution in [-0.4, -0.2) is 22.0 Å². The first-order valence-electron chi connectivity index (χ1n) is 11.1. The molecule has 1 radical (unpaired) electrons. The summed E-state index contributed by atoms with van der Waals surface area (Å²) in [4.78, 5) is 3.78. The van der Waals surface area contributed by atoms with Crippen LogP contribution in [0.2, 0.25) is 0 Å². The molecule has 0 spiro atoms. The molecule has 3 heteroatoms. The Labute approximate surface area is 176 Å². The van der Waals surface area contributed by atoms with Crippen molar-refractivity contribution in [2.24, 2.45) is 0 Å². The van der Waals surface area contributed by atoms with E-state index in [9.17, 15) is 0 Å². The summed E-state index contributed by atoms with van der Waals surface area (Å²) in [6.45, 7) is 0. The Balaban J connectivity index is 0.000000297. The zero-order valence-electron chi connectivity index (χ0n) is 16.5. The Morgan fingerprint density at radius 2 is 0.846 bits per heavy atom. The number of hydrogen-bond acceptors (Lipinski definition) is 1. The van der Waals surface area contributed by atoms with Gasteiger partial charge >= 0.3 is 0 Å². The van der Waals surface area contributed by atoms with E-state index in [-0.39, 0.29) is 20.1 Å². The smallest absolute Gasteiger partial charge is 0.0267 e. The molecule has 3 aliphatic carbocycles. The third kappa shape index (κ3) is 7.33. The molecule has 0 amide bonds. The Morgan fingerprint density at radius 1 is 0.500 bits per heavy atom. The van der Waals surface area contributed by atoms with E-state index in [1.54, 1.807) is 89.4 Å². The quantitative estimate of drug-likeness (QED) is 0.354. The van der Waals surface area contributed by atoms with Crippen LogP contribution in [0.5, 0.6) is 0 Å². The second-order valence-corrected chi connectivity index (χ2v) is 11.4. The van der Waals surface area contributed by atoms with Crippen LogP contribution in [0.3, 0.4) is 0 Å². The maximum atomic E-state index is 3.78. The Hall–Kier alpha value is 0.229. The van der Waals surface area contributed by atoms with Gasteiger partial charge in [0.25, 0.3) is 0 Å². The molecule has 1 heterocycles. The Bertz CT molecular complexity index is 367. The summed E-state index contributed by atoms with van der Waals surface area (Å²) >= 11 is 0. The monoisotopic (exact) mass is 552 g/mol. The summed E-state index contributed by atoms with van der Waals surface area (Å²) < 4.78 is 0. The number of rotatable bonds is 3.